The van der Waals surface area contributed by atoms with Crippen molar-refractivity contribution in [1.82, 2.24) is 9.61 Å². The van der Waals surface area contributed by atoms with Crippen LogP contribution in [0, 0.1) is 6.92 Å². The molecule has 0 aliphatic carbocycles. The van der Waals surface area contributed by atoms with Crippen molar-refractivity contribution in [3.63, 3.8) is 0 Å². The Labute approximate surface area is 104 Å². The molecule has 17 heavy (non-hydrogen) atoms. The summed E-state index contributed by atoms with van der Waals surface area (Å²) in [5.74, 6) is 0. The molecule has 3 heteroatoms. The number of aromatic nitrogens is 2. The number of pyridine rings is 1. The van der Waals surface area contributed by atoms with Crippen LogP contribution in [0.1, 0.15) is 5.56 Å². The van der Waals surface area contributed by atoms with Gasteiger partial charge in [-0.25, -0.2) is 4.52 Å². The van der Waals surface area contributed by atoms with Crippen LogP contribution in [0.5, 0.6) is 0 Å². The monoisotopic (exact) mass is 242 g/mol. The van der Waals surface area contributed by atoms with Gasteiger partial charge < -0.3 is 0 Å². The Bertz CT molecular complexity index is 668. The molecule has 2 heterocycles. The highest BCUT2D eigenvalue weighted by Gasteiger charge is 2.04. The van der Waals surface area contributed by atoms with Crippen LogP contribution in [-0.4, -0.2) is 9.61 Å². The lowest BCUT2D eigenvalue weighted by molar-refractivity contribution is 0.966. The summed E-state index contributed by atoms with van der Waals surface area (Å²) in [5.41, 5.74) is 4.38. The Kier molecular flexibility index (Phi) is 2.37. The van der Waals surface area contributed by atoms with Gasteiger partial charge in [-0.2, -0.15) is 5.10 Å². The molecule has 2 aromatic heterocycles. The molecule has 2 nitrogen and oxygen atoms in total. The highest BCUT2D eigenvalue weighted by atomic mass is 35.5. The lowest BCUT2D eigenvalue weighted by Crippen LogP contribution is -1.86. The third-order valence-electron chi connectivity index (χ3n) is 2.77. The summed E-state index contributed by atoms with van der Waals surface area (Å²) in [6.07, 6.45) is 1.81. The fourth-order valence-electron chi connectivity index (χ4n) is 1.83. The van der Waals surface area contributed by atoms with Gasteiger partial charge in [0.2, 0.25) is 0 Å². The van der Waals surface area contributed by atoms with E-state index in [9.17, 15) is 0 Å². The van der Waals surface area contributed by atoms with Gasteiger partial charge >= 0.3 is 0 Å². The van der Waals surface area contributed by atoms with E-state index in [0.717, 1.165) is 16.8 Å². The molecule has 84 valence electrons. The zero-order chi connectivity index (χ0) is 11.8. The van der Waals surface area contributed by atoms with E-state index >= 15 is 0 Å². The number of rotatable bonds is 1. The van der Waals surface area contributed by atoms with Gasteiger partial charge in [0, 0.05) is 11.8 Å². The summed E-state index contributed by atoms with van der Waals surface area (Å²) in [7, 11) is 0. The van der Waals surface area contributed by atoms with Crippen LogP contribution < -0.4 is 0 Å². The highest BCUT2D eigenvalue weighted by Crippen LogP contribution is 2.21. The van der Waals surface area contributed by atoms with Crippen LogP contribution in [0.25, 0.3) is 16.8 Å². The Morgan fingerprint density at radius 2 is 1.82 bits per heavy atom. The first kappa shape index (κ1) is 10.4. The van der Waals surface area contributed by atoms with Gasteiger partial charge in [-0.05, 0) is 25.1 Å². The number of nitrogens with zero attached hydrogens (tertiary/aromatic N) is 2. The Hall–Kier alpha value is -1.80. The van der Waals surface area contributed by atoms with Crippen LogP contribution in [0.3, 0.4) is 0 Å². The van der Waals surface area contributed by atoms with Crippen molar-refractivity contribution in [2.45, 2.75) is 6.92 Å². The molecule has 1 aromatic carbocycles. The standard InChI is InChI=1S/C14H11ClN2/c1-10-2-4-11(5-3-10)14-8-13-7-6-12(15)9-17(13)16-14/h2-9H,1H3. The molecule has 0 radical (unpaired) electrons. The number of benzene rings is 1. The smallest absolute Gasteiger partial charge is 0.0933 e. The van der Waals surface area contributed by atoms with Gasteiger partial charge in [0.1, 0.15) is 0 Å². The minimum Gasteiger partial charge on any atom is -0.239 e. The third kappa shape index (κ3) is 1.92. The van der Waals surface area contributed by atoms with Crippen molar-refractivity contribution in [2.75, 3.05) is 0 Å². The van der Waals surface area contributed by atoms with E-state index in [1.54, 1.807) is 4.52 Å². The van der Waals surface area contributed by atoms with Gasteiger partial charge in [0.25, 0.3) is 0 Å². The summed E-state index contributed by atoms with van der Waals surface area (Å²) in [6, 6.07) is 14.2. The van der Waals surface area contributed by atoms with Crippen LogP contribution in [-0.2, 0) is 0 Å². The number of fused-ring (bicyclic) bond motifs is 1. The highest BCUT2D eigenvalue weighted by molar-refractivity contribution is 6.30. The van der Waals surface area contributed by atoms with E-state index in [-0.39, 0.29) is 0 Å². The molecular formula is C14H11ClN2. The Balaban J connectivity index is 2.14. The molecule has 0 spiro atoms. The SMILES string of the molecule is Cc1ccc(-c2cc3ccc(Cl)cn3n2)cc1. The Morgan fingerprint density at radius 3 is 2.59 bits per heavy atom. The Morgan fingerprint density at radius 1 is 1.06 bits per heavy atom. The summed E-state index contributed by atoms with van der Waals surface area (Å²) < 4.78 is 1.80. The lowest BCUT2D eigenvalue weighted by Gasteiger charge is -1.96. The third-order valence-corrected chi connectivity index (χ3v) is 2.99. The molecule has 0 fully saturated rings. The largest absolute Gasteiger partial charge is 0.239 e. The number of aryl methyl sites for hydroxylation is 1. The molecule has 0 amide bonds. The zero-order valence-electron chi connectivity index (χ0n) is 9.39. The molecule has 0 unspecified atom stereocenters. The maximum atomic E-state index is 5.93. The average Bonchev–Trinajstić information content (AvgIpc) is 2.72. The predicted octanol–water partition coefficient (Wildman–Crippen LogP) is 3.96. The molecule has 0 N–H and O–H groups in total. The van der Waals surface area contributed by atoms with Crippen molar-refractivity contribution in [1.29, 1.82) is 0 Å². The second-order valence-electron chi connectivity index (χ2n) is 4.11. The van der Waals surface area contributed by atoms with Gasteiger partial charge in [0.05, 0.1) is 16.2 Å². The van der Waals surface area contributed by atoms with Gasteiger partial charge in [0.15, 0.2) is 0 Å². The minimum atomic E-state index is 0.691. The molecule has 3 aromatic rings. The molecule has 0 bridgehead atoms. The first-order valence-electron chi connectivity index (χ1n) is 5.44. The minimum absolute atomic E-state index is 0.691. The van der Waals surface area contributed by atoms with Crippen LogP contribution >= 0.6 is 11.6 Å². The van der Waals surface area contributed by atoms with E-state index in [1.807, 2.05) is 18.3 Å². The van der Waals surface area contributed by atoms with Crippen molar-refractivity contribution in [2.24, 2.45) is 0 Å². The normalized spacial score (nSPS) is 10.9. The number of halogens is 1. The molecule has 0 saturated carbocycles. The van der Waals surface area contributed by atoms with Crippen molar-refractivity contribution < 1.29 is 0 Å². The fraction of sp³-hybridized carbons (Fsp3) is 0.0714. The average molecular weight is 243 g/mol. The fourth-order valence-corrected chi connectivity index (χ4v) is 1.98. The van der Waals surface area contributed by atoms with Gasteiger partial charge in [-0.1, -0.05) is 41.4 Å². The van der Waals surface area contributed by atoms with Gasteiger partial charge in [-0.3, -0.25) is 0 Å². The first-order chi connectivity index (χ1) is 8.22. The lowest BCUT2D eigenvalue weighted by atomic mass is 10.1. The van der Waals surface area contributed by atoms with E-state index in [2.05, 4.69) is 42.4 Å². The van der Waals surface area contributed by atoms with Crippen LogP contribution in [0.15, 0.2) is 48.7 Å². The van der Waals surface area contributed by atoms with Crippen molar-refractivity contribution in [3.8, 4) is 11.3 Å². The summed E-state index contributed by atoms with van der Waals surface area (Å²) in [5, 5.41) is 5.20. The van der Waals surface area contributed by atoms with E-state index < -0.39 is 0 Å². The topological polar surface area (TPSA) is 17.3 Å². The summed E-state index contributed by atoms with van der Waals surface area (Å²) in [4.78, 5) is 0. The van der Waals surface area contributed by atoms with E-state index in [4.69, 9.17) is 11.6 Å². The molecule has 3 rings (SSSR count). The number of hydrogen-bond acceptors (Lipinski definition) is 1. The van der Waals surface area contributed by atoms with Gasteiger partial charge in [-0.15, -0.1) is 0 Å². The number of hydrogen-bond donors (Lipinski definition) is 0. The maximum absolute atomic E-state index is 5.93. The zero-order valence-corrected chi connectivity index (χ0v) is 10.1. The van der Waals surface area contributed by atoms with E-state index in [0.29, 0.717) is 5.02 Å². The second-order valence-corrected chi connectivity index (χ2v) is 4.55. The van der Waals surface area contributed by atoms with Crippen molar-refractivity contribution in [3.05, 3.63) is 59.2 Å². The molecule has 0 aliphatic heterocycles. The summed E-state index contributed by atoms with van der Waals surface area (Å²) >= 11 is 5.93. The summed E-state index contributed by atoms with van der Waals surface area (Å²) in [6.45, 7) is 2.08. The molecule has 0 saturated heterocycles. The molecule has 0 atom stereocenters. The predicted molar refractivity (Wildman–Crippen MR) is 70.4 cm³/mol. The van der Waals surface area contributed by atoms with Crippen molar-refractivity contribution >= 4 is 17.1 Å². The second kappa shape index (κ2) is 3.90. The first-order valence-corrected chi connectivity index (χ1v) is 5.82. The maximum Gasteiger partial charge on any atom is 0.0933 e. The van der Waals surface area contributed by atoms with Crippen LogP contribution in [0.2, 0.25) is 5.02 Å². The quantitative estimate of drug-likeness (QED) is 0.631. The molecular weight excluding hydrogens is 232 g/mol. The van der Waals surface area contributed by atoms with E-state index in [1.165, 1.54) is 5.56 Å². The van der Waals surface area contributed by atoms with Crippen LogP contribution in [0.4, 0.5) is 0 Å². The molecule has 0 aliphatic rings.